The van der Waals surface area contributed by atoms with E-state index in [-0.39, 0.29) is 17.1 Å². The Bertz CT molecular complexity index is 774. The van der Waals surface area contributed by atoms with Gasteiger partial charge in [0, 0.05) is 31.7 Å². The maximum atomic E-state index is 12.5. The van der Waals surface area contributed by atoms with Crippen LogP contribution in [0.4, 0.5) is 0 Å². The average molecular weight is 328 g/mol. The third kappa shape index (κ3) is 3.02. The lowest BCUT2D eigenvalue weighted by Crippen LogP contribution is -2.26. The number of carboxylic acids is 1. The fourth-order valence-corrected chi connectivity index (χ4v) is 4.17. The first kappa shape index (κ1) is 15.7. The Kier molecular flexibility index (Phi) is 4.22. The molecule has 1 N–H and O–H groups in total. The van der Waals surface area contributed by atoms with E-state index in [0.29, 0.717) is 0 Å². The molecule has 0 aliphatic heterocycles. The Labute approximate surface area is 127 Å². The van der Waals surface area contributed by atoms with Crippen LogP contribution in [0.25, 0.3) is 0 Å². The van der Waals surface area contributed by atoms with E-state index in [1.165, 1.54) is 46.6 Å². The summed E-state index contributed by atoms with van der Waals surface area (Å²) in [6.45, 7) is 2.19. The number of hydrogen-bond acceptors (Lipinski definition) is 4. The zero-order valence-electron chi connectivity index (χ0n) is 11.9. The van der Waals surface area contributed by atoms with Crippen molar-refractivity contribution in [2.75, 3.05) is 7.05 Å². The van der Waals surface area contributed by atoms with Gasteiger partial charge in [-0.15, -0.1) is 11.3 Å². The molecule has 114 valence electrons. The van der Waals surface area contributed by atoms with E-state index >= 15 is 0 Å². The number of rotatable bonds is 5. The number of sulfonamides is 1. The van der Waals surface area contributed by atoms with E-state index in [0.717, 1.165) is 10.4 Å². The molecule has 0 bridgehead atoms. The first-order valence-electron chi connectivity index (χ1n) is 6.12. The summed E-state index contributed by atoms with van der Waals surface area (Å²) in [6, 6.07) is 3.11. The van der Waals surface area contributed by atoms with Gasteiger partial charge in [-0.3, -0.25) is 0 Å². The van der Waals surface area contributed by atoms with Gasteiger partial charge < -0.3 is 9.67 Å². The smallest absolute Gasteiger partial charge is 0.352 e. The van der Waals surface area contributed by atoms with Gasteiger partial charge in [0.15, 0.2) is 0 Å². The molecule has 0 aliphatic rings. The van der Waals surface area contributed by atoms with Crippen LogP contribution in [-0.4, -0.2) is 35.4 Å². The molecule has 0 aromatic carbocycles. The van der Waals surface area contributed by atoms with Crippen LogP contribution in [-0.2, 0) is 23.6 Å². The van der Waals surface area contributed by atoms with Gasteiger partial charge in [0.25, 0.3) is 0 Å². The van der Waals surface area contributed by atoms with Crippen molar-refractivity contribution in [3.05, 3.63) is 39.8 Å². The number of hydrogen-bond donors (Lipinski definition) is 1. The van der Waals surface area contributed by atoms with Gasteiger partial charge in [0.05, 0.1) is 0 Å². The molecule has 2 aromatic heterocycles. The van der Waals surface area contributed by atoms with Crippen LogP contribution in [0.2, 0.25) is 0 Å². The monoisotopic (exact) mass is 328 g/mol. The second kappa shape index (κ2) is 5.63. The molecule has 8 heteroatoms. The minimum atomic E-state index is -3.71. The summed E-state index contributed by atoms with van der Waals surface area (Å²) >= 11 is 1.50. The summed E-state index contributed by atoms with van der Waals surface area (Å²) < 4.78 is 27.5. The molecule has 2 aromatic rings. The van der Waals surface area contributed by atoms with E-state index in [9.17, 15) is 13.2 Å². The summed E-state index contributed by atoms with van der Waals surface area (Å²) in [5.41, 5.74) is 0.982. The number of carbonyl (C=O) groups is 1. The van der Waals surface area contributed by atoms with Crippen LogP contribution in [0.5, 0.6) is 0 Å². The minimum absolute atomic E-state index is 0.0147. The van der Waals surface area contributed by atoms with Crippen molar-refractivity contribution in [2.45, 2.75) is 18.4 Å². The SMILES string of the molecule is Cc1ccsc1CN(C)S(=O)(=O)c1cc(C(=O)O)n(C)c1. The molecule has 0 unspecified atom stereocenters. The molecule has 6 nitrogen and oxygen atoms in total. The van der Waals surface area contributed by atoms with E-state index < -0.39 is 16.0 Å². The molecule has 21 heavy (non-hydrogen) atoms. The van der Waals surface area contributed by atoms with Crippen molar-refractivity contribution in [1.82, 2.24) is 8.87 Å². The standard InChI is InChI=1S/C13H16N2O4S2/c1-9-4-5-20-12(9)8-15(3)21(18,19)10-6-11(13(16)17)14(2)7-10/h4-7H,8H2,1-3H3,(H,16,17). The Morgan fingerprint density at radius 2 is 2.14 bits per heavy atom. The predicted octanol–water partition coefficient (Wildman–Crippen LogP) is 1.91. The van der Waals surface area contributed by atoms with Crippen LogP contribution in [0.3, 0.4) is 0 Å². The molecule has 0 spiro atoms. The van der Waals surface area contributed by atoms with Crippen LogP contribution in [0, 0.1) is 6.92 Å². The number of aromatic nitrogens is 1. The first-order chi connectivity index (χ1) is 9.73. The van der Waals surface area contributed by atoms with Crippen LogP contribution < -0.4 is 0 Å². The molecule has 0 fully saturated rings. The predicted molar refractivity (Wildman–Crippen MR) is 80.1 cm³/mol. The average Bonchev–Trinajstić information content (AvgIpc) is 2.96. The number of aryl methyl sites for hydroxylation is 2. The number of nitrogens with zero attached hydrogens (tertiary/aromatic N) is 2. The van der Waals surface area contributed by atoms with Crippen molar-refractivity contribution in [3.8, 4) is 0 Å². The lowest BCUT2D eigenvalue weighted by Gasteiger charge is -2.15. The van der Waals surface area contributed by atoms with Crippen LogP contribution in [0.15, 0.2) is 28.6 Å². The third-order valence-corrected chi connectivity index (χ3v) is 6.02. The van der Waals surface area contributed by atoms with Crippen molar-refractivity contribution < 1.29 is 18.3 Å². The molecule has 0 atom stereocenters. The number of aromatic carboxylic acids is 1. The highest BCUT2D eigenvalue weighted by Crippen LogP contribution is 2.23. The normalized spacial score (nSPS) is 12.0. The lowest BCUT2D eigenvalue weighted by atomic mass is 10.3. The topological polar surface area (TPSA) is 79.6 Å². The van der Waals surface area contributed by atoms with E-state index in [1.54, 1.807) is 0 Å². The Morgan fingerprint density at radius 1 is 1.48 bits per heavy atom. The number of thiophene rings is 1. The van der Waals surface area contributed by atoms with E-state index in [1.807, 2.05) is 18.4 Å². The fourth-order valence-electron chi connectivity index (χ4n) is 1.92. The Morgan fingerprint density at radius 3 is 2.62 bits per heavy atom. The second-order valence-corrected chi connectivity index (χ2v) is 7.81. The van der Waals surface area contributed by atoms with Crippen molar-refractivity contribution >= 4 is 27.3 Å². The molecule has 0 aliphatic carbocycles. The van der Waals surface area contributed by atoms with Gasteiger partial charge in [-0.2, -0.15) is 4.31 Å². The summed E-state index contributed by atoms with van der Waals surface area (Å²) in [4.78, 5) is 12.0. The van der Waals surface area contributed by atoms with Gasteiger partial charge in [-0.05, 0) is 30.0 Å². The highest BCUT2D eigenvalue weighted by atomic mass is 32.2. The van der Waals surface area contributed by atoms with Crippen LogP contribution in [0.1, 0.15) is 20.9 Å². The van der Waals surface area contributed by atoms with Crippen molar-refractivity contribution in [3.63, 3.8) is 0 Å². The first-order valence-corrected chi connectivity index (χ1v) is 8.44. The van der Waals surface area contributed by atoms with Gasteiger partial charge in [0.2, 0.25) is 10.0 Å². The van der Waals surface area contributed by atoms with Crippen LogP contribution >= 0.6 is 11.3 Å². The van der Waals surface area contributed by atoms with Crippen molar-refractivity contribution in [1.29, 1.82) is 0 Å². The quantitative estimate of drug-likeness (QED) is 0.909. The van der Waals surface area contributed by atoms with Gasteiger partial charge in [-0.25, -0.2) is 13.2 Å². The minimum Gasteiger partial charge on any atom is -0.477 e. The zero-order chi connectivity index (χ0) is 15.8. The Balaban J connectivity index is 2.31. The summed E-state index contributed by atoms with van der Waals surface area (Å²) in [7, 11) is -0.717. The Hall–Kier alpha value is -1.64. The summed E-state index contributed by atoms with van der Waals surface area (Å²) in [6.07, 6.45) is 1.32. The molecule has 2 rings (SSSR count). The lowest BCUT2D eigenvalue weighted by molar-refractivity contribution is 0.0686. The highest BCUT2D eigenvalue weighted by molar-refractivity contribution is 7.89. The fraction of sp³-hybridized carbons (Fsp3) is 0.308. The van der Waals surface area contributed by atoms with Gasteiger partial charge in [-0.1, -0.05) is 0 Å². The maximum absolute atomic E-state index is 12.5. The van der Waals surface area contributed by atoms with Crippen molar-refractivity contribution in [2.24, 2.45) is 7.05 Å². The second-order valence-electron chi connectivity index (χ2n) is 4.76. The molecular formula is C13H16N2O4S2. The van der Waals surface area contributed by atoms with E-state index in [4.69, 9.17) is 5.11 Å². The molecule has 0 radical (unpaired) electrons. The molecular weight excluding hydrogens is 312 g/mol. The molecule has 0 saturated carbocycles. The molecule has 0 saturated heterocycles. The van der Waals surface area contributed by atoms with Gasteiger partial charge >= 0.3 is 5.97 Å². The third-order valence-electron chi connectivity index (χ3n) is 3.24. The van der Waals surface area contributed by atoms with E-state index in [2.05, 4.69) is 0 Å². The maximum Gasteiger partial charge on any atom is 0.352 e. The summed E-state index contributed by atoms with van der Waals surface area (Å²) in [5.74, 6) is -1.16. The molecule has 0 amide bonds. The summed E-state index contributed by atoms with van der Waals surface area (Å²) in [5, 5.41) is 10.9. The number of carboxylic acid groups (broad SMARTS) is 1. The zero-order valence-corrected chi connectivity index (χ0v) is 13.5. The van der Waals surface area contributed by atoms with Gasteiger partial charge in [0.1, 0.15) is 10.6 Å². The molecule has 2 heterocycles. The largest absolute Gasteiger partial charge is 0.477 e. The highest BCUT2D eigenvalue weighted by Gasteiger charge is 2.25.